The zero-order valence-electron chi connectivity index (χ0n) is 26.6. The van der Waals surface area contributed by atoms with E-state index in [2.05, 4.69) is 116 Å². The average molecular weight is 695 g/mol. The number of aryl methyl sites for hydroxylation is 2. The van der Waals surface area contributed by atoms with Gasteiger partial charge in [-0.2, -0.15) is 0 Å². The van der Waals surface area contributed by atoms with Crippen LogP contribution in [-0.2, 0) is 12.8 Å². The molecule has 4 heteroatoms. The standard InChI is InChI=1S/C39H47BrCl2Si/c1-6-8-10-12-14-29-26-39(33-21-34(40)27-36(42)24-33)30(15-13-11-9-7-2)25-38(29)32-20-31(22-35(41)23-32)28-16-18-37(19-17-28)43(3,4)5/h16-27H,6-15H2,1-5H3. The molecular formula is C39H47BrCl2Si. The van der Waals surface area contributed by atoms with Gasteiger partial charge >= 0.3 is 0 Å². The van der Waals surface area contributed by atoms with Gasteiger partial charge in [-0.3, -0.25) is 0 Å². The van der Waals surface area contributed by atoms with Crippen molar-refractivity contribution >= 4 is 52.4 Å². The third kappa shape index (κ3) is 9.57. The maximum atomic E-state index is 6.86. The molecule has 0 bridgehead atoms. The molecule has 228 valence electrons. The highest BCUT2D eigenvalue weighted by atomic mass is 79.9. The third-order valence-corrected chi connectivity index (χ3v) is 11.4. The molecule has 0 N–H and O–H groups in total. The van der Waals surface area contributed by atoms with Crippen molar-refractivity contribution in [2.45, 2.75) is 97.7 Å². The first-order valence-electron chi connectivity index (χ1n) is 16.1. The van der Waals surface area contributed by atoms with Gasteiger partial charge in [-0.1, -0.05) is 153 Å². The van der Waals surface area contributed by atoms with Crippen LogP contribution in [0.4, 0.5) is 0 Å². The largest absolute Gasteiger partial charge is 0.0843 e. The van der Waals surface area contributed by atoms with Crippen molar-refractivity contribution in [3.05, 3.63) is 98.4 Å². The van der Waals surface area contributed by atoms with Crippen LogP contribution < -0.4 is 5.19 Å². The normalized spacial score (nSPS) is 11.7. The Hall–Kier alpha value is -1.84. The Kier molecular flexibility index (Phi) is 12.6. The lowest BCUT2D eigenvalue weighted by molar-refractivity contribution is 0.664. The summed E-state index contributed by atoms with van der Waals surface area (Å²) in [6.45, 7) is 11.7. The van der Waals surface area contributed by atoms with E-state index in [9.17, 15) is 0 Å². The number of hydrogen-bond acceptors (Lipinski definition) is 0. The average Bonchev–Trinajstić information content (AvgIpc) is 2.96. The highest BCUT2D eigenvalue weighted by molar-refractivity contribution is 9.10. The maximum absolute atomic E-state index is 6.86. The third-order valence-electron chi connectivity index (χ3n) is 8.39. The minimum atomic E-state index is -1.36. The summed E-state index contributed by atoms with van der Waals surface area (Å²) in [4.78, 5) is 0. The fraction of sp³-hybridized carbons (Fsp3) is 0.385. The molecule has 0 nitrogen and oxygen atoms in total. The molecule has 0 aliphatic carbocycles. The zero-order chi connectivity index (χ0) is 31.0. The second-order valence-corrected chi connectivity index (χ2v) is 19.9. The highest BCUT2D eigenvalue weighted by Gasteiger charge is 2.18. The molecule has 0 aromatic heterocycles. The van der Waals surface area contributed by atoms with Gasteiger partial charge in [0.05, 0.1) is 8.07 Å². The first-order valence-corrected chi connectivity index (χ1v) is 21.2. The van der Waals surface area contributed by atoms with Gasteiger partial charge in [-0.25, -0.2) is 0 Å². The SMILES string of the molecule is CCCCCCc1cc(-c2cc(Cl)cc(-c3ccc([Si](C)(C)C)cc3)c2)c(CCCCCC)cc1-c1cc(Cl)cc(Br)c1. The van der Waals surface area contributed by atoms with Gasteiger partial charge in [0, 0.05) is 14.5 Å². The molecule has 4 aromatic rings. The molecule has 0 spiro atoms. The molecule has 43 heavy (non-hydrogen) atoms. The number of hydrogen-bond donors (Lipinski definition) is 0. The number of unbranched alkanes of at least 4 members (excludes halogenated alkanes) is 6. The Morgan fingerprint density at radius 1 is 0.535 bits per heavy atom. The summed E-state index contributed by atoms with van der Waals surface area (Å²) in [5.74, 6) is 0. The van der Waals surface area contributed by atoms with Crippen LogP contribution in [0.3, 0.4) is 0 Å². The molecule has 0 saturated carbocycles. The summed E-state index contributed by atoms with van der Waals surface area (Å²) in [6, 6.07) is 27.0. The van der Waals surface area contributed by atoms with E-state index in [-0.39, 0.29) is 0 Å². The van der Waals surface area contributed by atoms with Gasteiger partial charge in [-0.15, -0.1) is 0 Å². The summed E-state index contributed by atoms with van der Waals surface area (Å²) in [5.41, 5.74) is 10.2. The van der Waals surface area contributed by atoms with E-state index in [0.717, 1.165) is 27.4 Å². The number of halogens is 3. The van der Waals surface area contributed by atoms with Crippen molar-refractivity contribution in [3.63, 3.8) is 0 Å². The zero-order valence-corrected chi connectivity index (χ0v) is 30.7. The summed E-state index contributed by atoms with van der Waals surface area (Å²) in [6.07, 6.45) is 12.0. The smallest absolute Gasteiger partial charge is 0.0775 e. The summed E-state index contributed by atoms with van der Waals surface area (Å²) >= 11 is 17.1. The first kappa shape index (κ1) is 34.0. The van der Waals surface area contributed by atoms with Crippen LogP contribution in [0, 0.1) is 0 Å². The van der Waals surface area contributed by atoms with Crippen molar-refractivity contribution in [1.29, 1.82) is 0 Å². The van der Waals surface area contributed by atoms with Crippen LogP contribution in [0.5, 0.6) is 0 Å². The van der Waals surface area contributed by atoms with E-state index >= 15 is 0 Å². The van der Waals surface area contributed by atoms with Gasteiger partial charge in [0.1, 0.15) is 0 Å². The minimum absolute atomic E-state index is 0.759. The van der Waals surface area contributed by atoms with Crippen molar-refractivity contribution in [1.82, 2.24) is 0 Å². The Bertz CT molecular complexity index is 1480. The molecule has 0 unspecified atom stereocenters. The Balaban J connectivity index is 1.85. The summed E-state index contributed by atoms with van der Waals surface area (Å²) in [5, 5.41) is 3.02. The minimum Gasteiger partial charge on any atom is -0.0843 e. The van der Waals surface area contributed by atoms with Crippen molar-refractivity contribution in [2.24, 2.45) is 0 Å². The van der Waals surface area contributed by atoms with Gasteiger partial charge in [0.25, 0.3) is 0 Å². The second kappa shape index (κ2) is 15.9. The predicted molar refractivity (Wildman–Crippen MR) is 199 cm³/mol. The topological polar surface area (TPSA) is 0 Å². The predicted octanol–water partition coefficient (Wildman–Crippen LogP) is 13.5. The van der Waals surface area contributed by atoms with Crippen LogP contribution in [0.25, 0.3) is 33.4 Å². The highest BCUT2D eigenvalue weighted by Crippen LogP contribution is 2.39. The summed E-state index contributed by atoms with van der Waals surface area (Å²) in [7, 11) is -1.36. The quantitative estimate of drug-likeness (QED) is 0.0911. The maximum Gasteiger partial charge on any atom is 0.0775 e. The first-order chi connectivity index (χ1) is 20.6. The fourth-order valence-electron chi connectivity index (χ4n) is 5.91. The van der Waals surface area contributed by atoms with E-state index in [0.29, 0.717) is 0 Å². The van der Waals surface area contributed by atoms with Crippen LogP contribution >= 0.6 is 39.1 Å². The molecule has 0 aliphatic rings. The monoisotopic (exact) mass is 692 g/mol. The van der Waals surface area contributed by atoms with Crippen LogP contribution in [0.2, 0.25) is 29.7 Å². The second-order valence-electron chi connectivity index (χ2n) is 13.0. The van der Waals surface area contributed by atoms with Crippen LogP contribution in [0.1, 0.15) is 76.3 Å². The van der Waals surface area contributed by atoms with E-state index in [1.54, 1.807) is 0 Å². The number of rotatable bonds is 14. The van der Waals surface area contributed by atoms with E-state index < -0.39 is 8.07 Å². The Labute approximate surface area is 280 Å². The molecule has 0 saturated heterocycles. The lowest BCUT2D eigenvalue weighted by atomic mass is 9.86. The number of benzene rings is 4. The molecule has 0 heterocycles. The van der Waals surface area contributed by atoms with Crippen molar-refractivity contribution < 1.29 is 0 Å². The fourth-order valence-corrected chi connectivity index (χ4v) is 8.17. The molecule has 0 atom stereocenters. The lowest BCUT2D eigenvalue weighted by Crippen LogP contribution is -2.37. The van der Waals surface area contributed by atoms with Crippen LogP contribution in [0.15, 0.2) is 77.3 Å². The van der Waals surface area contributed by atoms with E-state index in [1.807, 2.05) is 6.07 Å². The molecule has 0 aliphatic heterocycles. The van der Waals surface area contributed by atoms with Gasteiger partial charge < -0.3 is 0 Å². The van der Waals surface area contributed by atoms with Gasteiger partial charge in [-0.05, 0) is 107 Å². The Morgan fingerprint density at radius 3 is 1.51 bits per heavy atom. The van der Waals surface area contributed by atoms with Gasteiger partial charge in [0.15, 0.2) is 0 Å². The molecule has 4 rings (SSSR count). The lowest BCUT2D eigenvalue weighted by Gasteiger charge is -2.19. The molecule has 0 amide bonds. The van der Waals surface area contributed by atoms with Gasteiger partial charge in [0.2, 0.25) is 0 Å². The Morgan fingerprint density at radius 2 is 1.02 bits per heavy atom. The molecule has 0 fully saturated rings. The van der Waals surface area contributed by atoms with E-state index in [1.165, 1.54) is 101 Å². The van der Waals surface area contributed by atoms with Crippen LogP contribution in [-0.4, -0.2) is 8.07 Å². The van der Waals surface area contributed by atoms with Crippen molar-refractivity contribution in [2.75, 3.05) is 0 Å². The summed E-state index contributed by atoms with van der Waals surface area (Å²) < 4.78 is 1.01. The van der Waals surface area contributed by atoms with Crippen molar-refractivity contribution in [3.8, 4) is 33.4 Å². The molecule has 4 aromatic carbocycles. The van der Waals surface area contributed by atoms with E-state index in [4.69, 9.17) is 23.2 Å². The molecule has 0 radical (unpaired) electrons. The molecular weight excluding hydrogens is 647 g/mol.